The van der Waals surface area contributed by atoms with E-state index in [4.69, 9.17) is 9.47 Å². The van der Waals surface area contributed by atoms with E-state index in [-0.39, 0.29) is 23.8 Å². The number of esters is 1. The van der Waals surface area contributed by atoms with Crippen LogP contribution in [0.2, 0.25) is 0 Å². The van der Waals surface area contributed by atoms with Gasteiger partial charge < -0.3 is 14.2 Å². The first-order valence-corrected chi connectivity index (χ1v) is 5.51. The largest absolute Gasteiger partial charge is 0.467 e. The van der Waals surface area contributed by atoms with Crippen LogP contribution in [0, 0.1) is 0 Å². The molecule has 4 heteroatoms. The number of hydrogen-bond donors (Lipinski definition) is 0. The fourth-order valence-corrected chi connectivity index (χ4v) is 0.988. The van der Waals surface area contributed by atoms with Crippen LogP contribution in [0.4, 0.5) is 0 Å². The molecule has 0 rings (SSSR count). The fourth-order valence-electron chi connectivity index (χ4n) is 0.988. The summed E-state index contributed by atoms with van der Waals surface area (Å²) >= 11 is 0. The summed E-state index contributed by atoms with van der Waals surface area (Å²) in [6, 6.07) is 0. The first-order chi connectivity index (χ1) is 7.16. The van der Waals surface area contributed by atoms with E-state index in [0.717, 1.165) is 6.42 Å². The van der Waals surface area contributed by atoms with Crippen LogP contribution < -0.4 is 0 Å². The van der Waals surface area contributed by atoms with E-state index >= 15 is 0 Å². The van der Waals surface area contributed by atoms with Crippen molar-refractivity contribution < 1.29 is 19.0 Å². The smallest absolute Gasteiger partial charge is 0.331 e. The lowest BCUT2D eigenvalue weighted by Gasteiger charge is -2.27. The van der Waals surface area contributed by atoms with E-state index in [2.05, 4.69) is 4.74 Å². The Kier molecular flexibility index (Phi) is 5.97. The third-order valence-corrected chi connectivity index (χ3v) is 2.05. The van der Waals surface area contributed by atoms with E-state index < -0.39 is 0 Å². The Morgan fingerprint density at radius 1 is 1.06 bits per heavy atom. The van der Waals surface area contributed by atoms with Gasteiger partial charge in [-0.05, 0) is 41.0 Å². The summed E-state index contributed by atoms with van der Waals surface area (Å²) in [5, 5.41) is 0. The second kappa shape index (κ2) is 6.21. The first-order valence-electron chi connectivity index (χ1n) is 5.51. The van der Waals surface area contributed by atoms with Gasteiger partial charge in [-0.3, -0.25) is 0 Å². The van der Waals surface area contributed by atoms with Crippen LogP contribution in [-0.4, -0.2) is 37.5 Å². The minimum atomic E-state index is -0.376. The van der Waals surface area contributed by atoms with Gasteiger partial charge in [-0.1, -0.05) is 0 Å². The van der Waals surface area contributed by atoms with Crippen molar-refractivity contribution in [3.63, 3.8) is 0 Å². The van der Waals surface area contributed by atoms with Gasteiger partial charge in [0, 0.05) is 6.61 Å². The lowest BCUT2D eigenvalue weighted by atomic mass is 10.1. The summed E-state index contributed by atoms with van der Waals surface area (Å²) in [5.41, 5.74) is -0.516. The molecule has 0 N–H and O–H groups in total. The van der Waals surface area contributed by atoms with Crippen molar-refractivity contribution in [3.8, 4) is 0 Å². The molecule has 0 saturated carbocycles. The topological polar surface area (TPSA) is 44.8 Å². The number of methoxy groups -OCH3 is 1. The van der Waals surface area contributed by atoms with Gasteiger partial charge >= 0.3 is 5.97 Å². The van der Waals surface area contributed by atoms with Crippen molar-refractivity contribution in [1.82, 2.24) is 0 Å². The molecule has 0 radical (unpaired) electrons. The zero-order valence-corrected chi connectivity index (χ0v) is 11.3. The molecule has 0 fully saturated rings. The molecule has 0 aliphatic heterocycles. The van der Waals surface area contributed by atoms with Gasteiger partial charge in [0.25, 0.3) is 0 Å². The van der Waals surface area contributed by atoms with Gasteiger partial charge in [0.05, 0.1) is 18.3 Å². The van der Waals surface area contributed by atoms with E-state index in [9.17, 15) is 4.79 Å². The third-order valence-electron chi connectivity index (χ3n) is 2.05. The van der Waals surface area contributed by atoms with Gasteiger partial charge in [-0.15, -0.1) is 0 Å². The van der Waals surface area contributed by atoms with Crippen LogP contribution in [0.15, 0.2) is 0 Å². The molecule has 0 amide bonds. The van der Waals surface area contributed by atoms with Crippen LogP contribution >= 0.6 is 0 Å². The highest BCUT2D eigenvalue weighted by atomic mass is 16.6. The summed E-state index contributed by atoms with van der Waals surface area (Å²) in [6.45, 7) is 10.5. The Balaban J connectivity index is 3.82. The minimum Gasteiger partial charge on any atom is -0.467 e. The Bertz CT molecular complexity index is 216. The molecule has 0 unspecified atom stereocenters. The van der Waals surface area contributed by atoms with E-state index in [1.165, 1.54) is 7.11 Å². The number of carbonyl (C=O) groups excluding carboxylic acids is 1. The Labute approximate surface area is 98.3 Å². The summed E-state index contributed by atoms with van der Waals surface area (Å²) in [4.78, 5) is 10.9. The molecule has 0 aliphatic rings. The highest BCUT2D eigenvalue weighted by Crippen LogP contribution is 2.16. The molecule has 0 aromatic rings. The molecular formula is C12H24O4. The molecule has 0 spiro atoms. The van der Waals surface area contributed by atoms with E-state index in [0.29, 0.717) is 6.61 Å². The predicted molar refractivity (Wildman–Crippen MR) is 62.4 cm³/mol. The van der Waals surface area contributed by atoms with Gasteiger partial charge in [0.15, 0.2) is 0 Å². The standard InChI is InChI=1S/C12H24O4/c1-11(2,3)15-8-7-12(4,5)16-9-10(13)14-6/h7-9H2,1-6H3. The highest BCUT2D eigenvalue weighted by Gasteiger charge is 2.21. The SMILES string of the molecule is COC(=O)COC(C)(C)CCOC(C)(C)C. The Morgan fingerprint density at radius 2 is 1.62 bits per heavy atom. The lowest BCUT2D eigenvalue weighted by Crippen LogP contribution is -2.31. The summed E-state index contributed by atoms with van der Waals surface area (Å²) in [5.74, 6) is -0.357. The van der Waals surface area contributed by atoms with Crippen LogP contribution in [0.5, 0.6) is 0 Å². The maximum Gasteiger partial charge on any atom is 0.331 e. The summed E-state index contributed by atoms with van der Waals surface area (Å²) < 4.78 is 15.6. The zero-order chi connectivity index (χ0) is 12.8. The maximum atomic E-state index is 10.9. The van der Waals surface area contributed by atoms with Crippen molar-refractivity contribution in [3.05, 3.63) is 0 Å². The minimum absolute atomic E-state index is 0.0149. The monoisotopic (exact) mass is 232 g/mol. The number of ether oxygens (including phenoxy) is 3. The van der Waals surface area contributed by atoms with Crippen molar-refractivity contribution in [1.29, 1.82) is 0 Å². The van der Waals surface area contributed by atoms with Gasteiger partial charge in [0.1, 0.15) is 6.61 Å². The van der Waals surface area contributed by atoms with Gasteiger partial charge in [-0.25, -0.2) is 4.79 Å². The maximum absolute atomic E-state index is 10.9. The average molecular weight is 232 g/mol. The molecule has 0 saturated heterocycles. The fraction of sp³-hybridized carbons (Fsp3) is 0.917. The van der Waals surface area contributed by atoms with Gasteiger partial charge in [0.2, 0.25) is 0 Å². The first kappa shape index (κ1) is 15.4. The molecular weight excluding hydrogens is 208 g/mol. The van der Waals surface area contributed by atoms with Crippen LogP contribution in [0.25, 0.3) is 0 Å². The predicted octanol–water partition coefficient (Wildman–Crippen LogP) is 2.16. The van der Waals surface area contributed by atoms with Crippen LogP contribution in [-0.2, 0) is 19.0 Å². The molecule has 0 atom stereocenters. The van der Waals surface area contributed by atoms with Crippen LogP contribution in [0.1, 0.15) is 41.0 Å². The molecule has 96 valence electrons. The number of hydrogen-bond acceptors (Lipinski definition) is 4. The zero-order valence-electron chi connectivity index (χ0n) is 11.3. The normalized spacial score (nSPS) is 12.6. The van der Waals surface area contributed by atoms with Crippen LogP contribution in [0.3, 0.4) is 0 Å². The molecule has 0 bridgehead atoms. The van der Waals surface area contributed by atoms with Gasteiger partial charge in [-0.2, -0.15) is 0 Å². The third kappa shape index (κ3) is 8.68. The molecule has 4 nitrogen and oxygen atoms in total. The number of rotatable bonds is 6. The average Bonchev–Trinajstić information content (AvgIpc) is 2.12. The second-order valence-electron chi connectivity index (χ2n) is 5.34. The molecule has 0 aromatic heterocycles. The second-order valence-corrected chi connectivity index (χ2v) is 5.34. The quantitative estimate of drug-likeness (QED) is 0.658. The van der Waals surface area contributed by atoms with Crippen molar-refractivity contribution >= 4 is 5.97 Å². The highest BCUT2D eigenvalue weighted by molar-refractivity contribution is 5.70. The van der Waals surface area contributed by atoms with Crippen molar-refractivity contribution in [2.45, 2.75) is 52.2 Å². The Morgan fingerprint density at radius 3 is 2.06 bits per heavy atom. The lowest BCUT2D eigenvalue weighted by molar-refractivity contribution is -0.153. The molecule has 0 aliphatic carbocycles. The van der Waals surface area contributed by atoms with Crippen molar-refractivity contribution in [2.24, 2.45) is 0 Å². The summed E-state index contributed by atoms with van der Waals surface area (Å²) in [6.07, 6.45) is 0.737. The number of carbonyl (C=O) groups is 1. The van der Waals surface area contributed by atoms with Crippen molar-refractivity contribution in [2.75, 3.05) is 20.3 Å². The molecule has 16 heavy (non-hydrogen) atoms. The molecule has 0 heterocycles. The Hall–Kier alpha value is -0.610. The summed E-state index contributed by atoms with van der Waals surface area (Å²) in [7, 11) is 1.35. The molecule has 0 aromatic carbocycles. The van der Waals surface area contributed by atoms with E-state index in [1.54, 1.807) is 0 Å². The van der Waals surface area contributed by atoms with E-state index in [1.807, 2.05) is 34.6 Å².